The first-order chi connectivity index (χ1) is 15.1. The summed E-state index contributed by atoms with van der Waals surface area (Å²) in [4.78, 5) is 33.5. The number of benzene rings is 2. The van der Waals surface area contributed by atoms with Crippen LogP contribution in [0.15, 0.2) is 79.1 Å². The minimum atomic E-state index is -0.450. The van der Waals surface area contributed by atoms with E-state index < -0.39 is 6.04 Å². The molecule has 158 valence electrons. The lowest BCUT2D eigenvalue weighted by Crippen LogP contribution is -2.58. The highest BCUT2D eigenvalue weighted by molar-refractivity contribution is 5.89. The van der Waals surface area contributed by atoms with Crippen LogP contribution in [0.5, 0.6) is 0 Å². The lowest BCUT2D eigenvalue weighted by atomic mass is 9.98. The average molecular weight is 414 g/mol. The Morgan fingerprint density at radius 3 is 2.29 bits per heavy atom. The smallest absolute Gasteiger partial charge is 0.245 e. The Hall–Kier alpha value is -3.47. The van der Waals surface area contributed by atoms with Crippen molar-refractivity contribution in [3.8, 4) is 11.1 Å². The summed E-state index contributed by atoms with van der Waals surface area (Å²) in [5.74, 6) is 0.0567. The molecule has 2 heterocycles. The van der Waals surface area contributed by atoms with Gasteiger partial charge in [0.25, 0.3) is 0 Å². The second kappa shape index (κ2) is 9.56. The maximum absolute atomic E-state index is 13.0. The Kier molecular flexibility index (Phi) is 6.41. The van der Waals surface area contributed by atoms with Gasteiger partial charge in [0.2, 0.25) is 11.8 Å². The van der Waals surface area contributed by atoms with Gasteiger partial charge in [-0.25, -0.2) is 0 Å². The fourth-order valence-electron chi connectivity index (χ4n) is 4.05. The molecular formula is C26H27N3O2. The fourth-order valence-corrected chi connectivity index (χ4v) is 4.05. The van der Waals surface area contributed by atoms with Crippen molar-refractivity contribution in [3.63, 3.8) is 0 Å². The first kappa shape index (κ1) is 20.8. The first-order valence-corrected chi connectivity index (χ1v) is 10.7. The third kappa shape index (κ3) is 5.00. The van der Waals surface area contributed by atoms with Crippen LogP contribution < -0.4 is 0 Å². The second-order valence-electron chi connectivity index (χ2n) is 7.99. The molecule has 1 saturated heterocycles. The highest BCUT2D eigenvalue weighted by Crippen LogP contribution is 2.22. The quantitative estimate of drug-likeness (QED) is 0.621. The fraction of sp³-hybridized carbons (Fsp3) is 0.269. The van der Waals surface area contributed by atoms with Gasteiger partial charge in [-0.1, -0.05) is 54.6 Å². The summed E-state index contributed by atoms with van der Waals surface area (Å²) in [6.45, 7) is 1.16. The molecule has 3 aromatic rings. The predicted molar refractivity (Wildman–Crippen MR) is 121 cm³/mol. The molecule has 1 atom stereocenters. The number of hydrogen-bond acceptors (Lipinski definition) is 3. The Bertz CT molecular complexity index is 1020. The maximum atomic E-state index is 13.0. The Morgan fingerprint density at radius 2 is 1.58 bits per heavy atom. The Morgan fingerprint density at radius 1 is 0.903 bits per heavy atom. The first-order valence-electron chi connectivity index (χ1n) is 10.7. The van der Waals surface area contributed by atoms with Gasteiger partial charge in [-0.05, 0) is 40.8 Å². The molecule has 5 nitrogen and oxygen atoms in total. The van der Waals surface area contributed by atoms with E-state index in [0.717, 1.165) is 22.3 Å². The van der Waals surface area contributed by atoms with E-state index in [9.17, 15) is 9.59 Å². The van der Waals surface area contributed by atoms with Crippen LogP contribution in [0.3, 0.4) is 0 Å². The minimum Gasteiger partial charge on any atom is -0.342 e. The summed E-state index contributed by atoms with van der Waals surface area (Å²) in [6.07, 6.45) is 5.18. The van der Waals surface area contributed by atoms with E-state index >= 15 is 0 Å². The molecule has 0 N–H and O–H groups in total. The highest BCUT2D eigenvalue weighted by Gasteiger charge is 2.35. The number of amides is 2. The van der Waals surface area contributed by atoms with E-state index in [1.807, 2.05) is 61.6 Å². The zero-order chi connectivity index (χ0) is 21.6. The van der Waals surface area contributed by atoms with E-state index in [2.05, 4.69) is 17.1 Å². The van der Waals surface area contributed by atoms with Crippen LogP contribution in [0, 0.1) is 0 Å². The third-order valence-electron chi connectivity index (χ3n) is 5.90. The number of carbonyl (C=O) groups is 2. The molecular weight excluding hydrogens is 386 g/mol. The Balaban J connectivity index is 1.46. The van der Waals surface area contributed by atoms with Crippen LogP contribution >= 0.6 is 0 Å². The van der Waals surface area contributed by atoms with Gasteiger partial charge in [-0.15, -0.1) is 0 Å². The highest BCUT2D eigenvalue weighted by atomic mass is 16.2. The van der Waals surface area contributed by atoms with Crippen LogP contribution in [0.2, 0.25) is 0 Å². The molecule has 0 radical (unpaired) electrons. The van der Waals surface area contributed by atoms with Crippen molar-refractivity contribution in [1.29, 1.82) is 0 Å². The van der Waals surface area contributed by atoms with Gasteiger partial charge >= 0.3 is 0 Å². The van der Waals surface area contributed by atoms with Crippen molar-refractivity contribution in [3.05, 3.63) is 90.3 Å². The molecule has 0 saturated carbocycles. The third-order valence-corrected chi connectivity index (χ3v) is 5.90. The van der Waals surface area contributed by atoms with Gasteiger partial charge in [-0.3, -0.25) is 14.6 Å². The molecule has 31 heavy (non-hydrogen) atoms. The topological polar surface area (TPSA) is 53.5 Å². The van der Waals surface area contributed by atoms with E-state index in [1.165, 1.54) is 0 Å². The van der Waals surface area contributed by atoms with E-state index in [0.29, 0.717) is 32.4 Å². The van der Waals surface area contributed by atoms with Gasteiger partial charge in [0.15, 0.2) is 0 Å². The number of aryl methyl sites for hydroxylation is 1. The largest absolute Gasteiger partial charge is 0.342 e. The average Bonchev–Trinajstić information content (AvgIpc) is 2.82. The van der Waals surface area contributed by atoms with Crippen molar-refractivity contribution >= 4 is 11.8 Å². The second-order valence-corrected chi connectivity index (χ2v) is 7.99. The molecule has 2 aromatic carbocycles. The molecule has 2 amide bonds. The maximum Gasteiger partial charge on any atom is 0.245 e. The molecule has 5 heteroatoms. The van der Waals surface area contributed by atoms with E-state index in [4.69, 9.17) is 0 Å². The Labute approximate surface area is 183 Å². The number of hydrogen-bond donors (Lipinski definition) is 0. The summed E-state index contributed by atoms with van der Waals surface area (Å²) < 4.78 is 0. The zero-order valence-corrected chi connectivity index (χ0v) is 17.8. The number of rotatable bonds is 6. The van der Waals surface area contributed by atoms with Gasteiger partial charge < -0.3 is 9.80 Å². The standard InChI is InChI=1S/C26H27N3O2/c1-28-17-18-29(25(30)12-9-20-5-3-2-4-6-20)24(26(28)31)19-21-7-10-22(11-8-21)23-13-15-27-16-14-23/h2-8,10-11,13-16,24H,9,12,17-19H2,1H3/t24-/m1/s1. The molecule has 1 aliphatic heterocycles. The number of likely N-dealkylation sites (N-methyl/N-ethyl adjacent to an activating group) is 1. The molecule has 4 rings (SSSR count). The van der Waals surface area contributed by atoms with Crippen LogP contribution in [-0.4, -0.2) is 52.8 Å². The molecule has 0 unspecified atom stereocenters. The SMILES string of the molecule is CN1CCN(C(=O)CCc2ccccc2)[C@H](Cc2ccc(-c3ccncc3)cc2)C1=O. The van der Waals surface area contributed by atoms with Crippen molar-refractivity contribution in [2.45, 2.75) is 25.3 Å². The number of pyridine rings is 1. The predicted octanol–water partition coefficient (Wildman–Crippen LogP) is 3.59. The van der Waals surface area contributed by atoms with Crippen molar-refractivity contribution in [2.24, 2.45) is 0 Å². The van der Waals surface area contributed by atoms with Crippen molar-refractivity contribution < 1.29 is 9.59 Å². The number of piperazine rings is 1. The van der Waals surface area contributed by atoms with Crippen molar-refractivity contribution in [2.75, 3.05) is 20.1 Å². The summed E-state index contributed by atoms with van der Waals surface area (Å²) in [7, 11) is 1.81. The molecule has 0 spiro atoms. The van der Waals surface area contributed by atoms with Gasteiger partial charge in [0.05, 0.1) is 0 Å². The molecule has 1 aliphatic rings. The number of carbonyl (C=O) groups excluding carboxylic acids is 2. The van der Waals surface area contributed by atoms with Crippen LogP contribution in [0.1, 0.15) is 17.5 Å². The molecule has 0 aliphatic carbocycles. The molecule has 1 aromatic heterocycles. The monoisotopic (exact) mass is 413 g/mol. The van der Waals surface area contributed by atoms with Crippen LogP contribution in [0.25, 0.3) is 11.1 Å². The van der Waals surface area contributed by atoms with Crippen LogP contribution in [0.4, 0.5) is 0 Å². The summed E-state index contributed by atoms with van der Waals surface area (Å²) >= 11 is 0. The summed E-state index contributed by atoms with van der Waals surface area (Å²) in [5, 5.41) is 0. The molecule has 0 bridgehead atoms. The summed E-state index contributed by atoms with van der Waals surface area (Å²) in [6, 6.07) is 21.7. The van der Waals surface area contributed by atoms with Crippen LogP contribution in [-0.2, 0) is 22.4 Å². The number of aromatic nitrogens is 1. The van der Waals surface area contributed by atoms with E-state index in [1.54, 1.807) is 22.2 Å². The summed E-state index contributed by atoms with van der Waals surface area (Å²) in [5.41, 5.74) is 4.40. The lowest BCUT2D eigenvalue weighted by molar-refractivity contribution is -0.150. The van der Waals surface area contributed by atoms with E-state index in [-0.39, 0.29) is 11.8 Å². The van der Waals surface area contributed by atoms with Gasteiger partial charge in [-0.2, -0.15) is 0 Å². The minimum absolute atomic E-state index is 0.0116. The van der Waals surface area contributed by atoms with Gasteiger partial charge in [0, 0.05) is 45.4 Å². The number of nitrogens with zero attached hydrogens (tertiary/aromatic N) is 3. The zero-order valence-electron chi connectivity index (χ0n) is 17.8. The molecule has 1 fully saturated rings. The van der Waals surface area contributed by atoms with Crippen molar-refractivity contribution in [1.82, 2.24) is 14.8 Å². The van der Waals surface area contributed by atoms with Gasteiger partial charge in [0.1, 0.15) is 6.04 Å². The lowest BCUT2D eigenvalue weighted by Gasteiger charge is -2.39. The normalized spacial score (nSPS) is 16.4.